The Morgan fingerprint density at radius 1 is 1.15 bits per heavy atom. The van der Waals surface area contributed by atoms with E-state index in [-0.39, 0.29) is 6.04 Å². The number of hydrogen-bond donors (Lipinski definition) is 1. The summed E-state index contributed by atoms with van der Waals surface area (Å²) in [6.07, 6.45) is 0. The van der Waals surface area contributed by atoms with Crippen molar-refractivity contribution in [2.75, 3.05) is 5.32 Å². The standard InChI is InChI=1S/C16H15ClN2O/c1-10-12-6-3-4-7-13(12)20-16(10)11(2)18-15-9-5-8-14(17)19-15/h3-9,11H,1-2H3,(H,18,19). The molecule has 1 unspecified atom stereocenters. The van der Waals surface area contributed by atoms with E-state index >= 15 is 0 Å². The van der Waals surface area contributed by atoms with Crippen LogP contribution in [0, 0.1) is 6.92 Å². The highest BCUT2D eigenvalue weighted by Gasteiger charge is 2.16. The molecule has 2 aromatic heterocycles. The summed E-state index contributed by atoms with van der Waals surface area (Å²) in [7, 11) is 0. The maximum absolute atomic E-state index is 5.94. The first-order chi connectivity index (χ1) is 9.65. The highest BCUT2D eigenvalue weighted by atomic mass is 35.5. The molecular formula is C16H15ClN2O. The van der Waals surface area contributed by atoms with Crippen LogP contribution in [0.3, 0.4) is 0 Å². The molecule has 20 heavy (non-hydrogen) atoms. The molecule has 0 aliphatic rings. The van der Waals surface area contributed by atoms with E-state index in [9.17, 15) is 0 Å². The van der Waals surface area contributed by atoms with Gasteiger partial charge in [-0.15, -0.1) is 0 Å². The molecule has 1 atom stereocenters. The maximum Gasteiger partial charge on any atom is 0.134 e. The second-order valence-corrected chi connectivity index (χ2v) is 5.19. The summed E-state index contributed by atoms with van der Waals surface area (Å²) >= 11 is 5.90. The first-order valence-corrected chi connectivity index (χ1v) is 6.90. The second kappa shape index (κ2) is 5.17. The largest absolute Gasteiger partial charge is 0.459 e. The van der Waals surface area contributed by atoms with Gasteiger partial charge in [-0.05, 0) is 32.0 Å². The van der Waals surface area contributed by atoms with Crippen LogP contribution in [0.1, 0.15) is 24.3 Å². The highest BCUT2D eigenvalue weighted by molar-refractivity contribution is 6.29. The first-order valence-electron chi connectivity index (χ1n) is 6.52. The quantitative estimate of drug-likeness (QED) is 0.691. The van der Waals surface area contributed by atoms with Crippen molar-refractivity contribution in [1.29, 1.82) is 0 Å². The van der Waals surface area contributed by atoms with E-state index in [1.54, 1.807) is 6.07 Å². The number of nitrogens with one attached hydrogen (secondary N) is 1. The molecule has 0 amide bonds. The molecule has 0 spiro atoms. The van der Waals surface area contributed by atoms with E-state index in [1.165, 1.54) is 0 Å². The molecule has 0 saturated carbocycles. The van der Waals surface area contributed by atoms with Gasteiger partial charge in [0.25, 0.3) is 0 Å². The highest BCUT2D eigenvalue weighted by Crippen LogP contribution is 2.30. The number of furan rings is 1. The molecule has 0 aliphatic heterocycles. The lowest BCUT2D eigenvalue weighted by Gasteiger charge is -2.13. The summed E-state index contributed by atoms with van der Waals surface area (Å²) in [6, 6.07) is 13.6. The van der Waals surface area contributed by atoms with Gasteiger partial charge in [0.05, 0.1) is 6.04 Å². The van der Waals surface area contributed by atoms with Gasteiger partial charge in [0.2, 0.25) is 0 Å². The van der Waals surface area contributed by atoms with Gasteiger partial charge in [0.1, 0.15) is 22.3 Å². The van der Waals surface area contributed by atoms with Crippen LogP contribution in [-0.4, -0.2) is 4.98 Å². The van der Waals surface area contributed by atoms with Gasteiger partial charge in [0.15, 0.2) is 0 Å². The Bertz CT molecular complexity index is 751. The van der Waals surface area contributed by atoms with Crippen molar-refractivity contribution >= 4 is 28.4 Å². The topological polar surface area (TPSA) is 38.1 Å². The average Bonchev–Trinajstić information content (AvgIpc) is 2.77. The lowest BCUT2D eigenvalue weighted by molar-refractivity contribution is 0.521. The SMILES string of the molecule is Cc1c(C(C)Nc2cccc(Cl)n2)oc2ccccc12. The number of rotatable bonds is 3. The molecule has 1 N–H and O–H groups in total. The van der Waals surface area contributed by atoms with Gasteiger partial charge in [-0.1, -0.05) is 35.9 Å². The number of anilines is 1. The molecule has 102 valence electrons. The number of benzene rings is 1. The minimum Gasteiger partial charge on any atom is -0.459 e. The number of nitrogens with zero attached hydrogens (tertiary/aromatic N) is 1. The summed E-state index contributed by atoms with van der Waals surface area (Å²) in [6.45, 7) is 4.12. The van der Waals surface area contributed by atoms with Gasteiger partial charge >= 0.3 is 0 Å². The van der Waals surface area contributed by atoms with Crippen LogP contribution in [-0.2, 0) is 0 Å². The Hall–Kier alpha value is -2.00. The third-order valence-electron chi connectivity index (χ3n) is 3.35. The molecule has 4 heteroatoms. The Kier molecular flexibility index (Phi) is 3.36. The maximum atomic E-state index is 5.94. The lowest BCUT2D eigenvalue weighted by atomic mass is 10.1. The number of aryl methyl sites for hydroxylation is 1. The molecule has 0 saturated heterocycles. The van der Waals surface area contributed by atoms with E-state index in [0.29, 0.717) is 5.15 Å². The summed E-state index contributed by atoms with van der Waals surface area (Å²) in [5.41, 5.74) is 2.07. The van der Waals surface area contributed by atoms with Gasteiger partial charge in [-0.3, -0.25) is 0 Å². The van der Waals surface area contributed by atoms with Gasteiger partial charge < -0.3 is 9.73 Å². The van der Waals surface area contributed by atoms with Crippen LogP contribution in [0.4, 0.5) is 5.82 Å². The van der Waals surface area contributed by atoms with Crippen molar-refractivity contribution in [3.05, 3.63) is 58.9 Å². The van der Waals surface area contributed by atoms with Crippen molar-refractivity contribution < 1.29 is 4.42 Å². The monoisotopic (exact) mass is 286 g/mol. The van der Waals surface area contributed by atoms with Crippen LogP contribution in [0.2, 0.25) is 5.15 Å². The predicted octanol–water partition coefficient (Wildman–Crippen LogP) is 4.96. The zero-order valence-electron chi connectivity index (χ0n) is 11.4. The molecule has 1 aromatic carbocycles. The number of aromatic nitrogens is 1. The molecule has 3 aromatic rings. The van der Waals surface area contributed by atoms with Crippen molar-refractivity contribution in [1.82, 2.24) is 4.98 Å². The second-order valence-electron chi connectivity index (χ2n) is 4.80. The minimum absolute atomic E-state index is 0.0216. The number of pyridine rings is 1. The van der Waals surface area contributed by atoms with Crippen molar-refractivity contribution in [2.24, 2.45) is 0 Å². The Morgan fingerprint density at radius 3 is 2.70 bits per heavy atom. The van der Waals surface area contributed by atoms with E-state index in [4.69, 9.17) is 16.0 Å². The van der Waals surface area contributed by atoms with Gasteiger partial charge in [-0.25, -0.2) is 4.98 Å². The summed E-state index contributed by atoms with van der Waals surface area (Å²) in [5, 5.41) is 4.94. The lowest BCUT2D eigenvalue weighted by Crippen LogP contribution is -2.08. The molecule has 0 fully saturated rings. The summed E-state index contributed by atoms with van der Waals surface area (Å²) in [5.74, 6) is 1.66. The van der Waals surface area contributed by atoms with Crippen LogP contribution in [0.25, 0.3) is 11.0 Å². The third kappa shape index (κ3) is 2.37. The molecule has 3 rings (SSSR count). The summed E-state index contributed by atoms with van der Waals surface area (Å²) < 4.78 is 5.94. The van der Waals surface area contributed by atoms with Crippen LogP contribution in [0.5, 0.6) is 0 Å². The number of halogens is 1. The van der Waals surface area contributed by atoms with Gasteiger partial charge in [0, 0.05) is 10.9 Å². The van der Waals surface area contributed by atoms with E-state index in [2.05, 4.69) is 23.3 Å². The molecule has 0 aliphatic carbocycles. The van der Waals surface area contributed by atoms with Crippen molar-refractivity contribution in [3.63, 3.8) is 0 Å². The fourth-order valence-electron chi connectivity index (χ4n) is 2.38. The van der Waals surface area contributed by atoms with E-state index in [1.807, 2.05) is 37.3 Å². The molecule has 2 heterocycles. The normalized spacial score (nSPS) is 12.6. The Morgan fingerprint density at radius 2 is 1.95 bits per heavy atom. The Labute approximate surface area is 122 Å². The third-order valence-corrected chi connectivity index (χ3v) is 3.56. The number of para-hydroxylation sites is 1. The van der Waals surface area contributed by atoms with Crippen molar-refractivity contribution in [3.8, 4) is 0 Å². The van der Waals surface area contributed by atoms with Crippen molar-refractivity contribution in [2.45, 2.75) is 19.9 Å². The zero-order valence-corrected chi connectivity index (χ0v) is 12.1. The van der Waals surface area contributed by atoms with Crippen LogP contribution < -0.4 is 5.32 Å². The van der Waals surface area contributed by atoms with E-state index in [0.717, 1.165) is 28.1 Å². The smallest absolute Gasteiger partial charge is 0.134 e. The summed E-state index contributed by atoms with van der Waals surface area (Å²) in [4.78, 5) is 4.23. The zero-order chi connectivity index (χ0) is 14.1. The van der Waals surface area contributed by atoms with E-state index < -0.39 is 0 Å². The minimum atomic E-state index is 0.0216. The number of hydrogen-bond acceptors (Lipinski definition) is 3. The Balaban J connectivity index is 1.92. The fourth-order valence-corrected chi connectivity index (χ4v) is 2.55. The molecule has 3 nitrogen and oxygen atoms in total. The predicted molar refractivity (Wildman–Crippen MR) is 82.2 cm³/mol. The van der Waals surface area contributed by atoms with Crippen LogP contribution in [0.15, 0.2) is 46.9 Å². The number of fused-ring (bicyclic) bond motifs is 1. The fraction of sp³-hybridized carbons (Fsp3) is 0.188. The molecule has 0 radical (unpaired) electrons. The first kappa shape index (κ1) is 13.0. The molecular weight excluding hydrogens is 272 g/mol. The average molecular weight is 287 g/mol. The van der Waals surface area contributed by atoms with Crippen LogP contribution >= 0.6 is 11.6 Å². The van der Waals surface area contributed by atoms with Gasteiger partial charge in [-0.2, -0.15) is 0 Å². The molecule has 0 bridgehead atoms.